The second-order valence-corrected chi connectivity index (χ2v) is 10.1. The highest BCUT2D eigenvalue weighted by atomic mass is 16.2. The van der Waals surface area contributed by atoms with Crippen LogP contribution in [-0.4, -0.2) is 63.9 Å². The maximum absolute atomic E-state index is 12.8. The number of nitrogens with zero attached hydrogens (tertiary/aromatic N) is 4. The van der Waals surface area contributed by atoms with Crippen molar-refractivity contribution in [3.63, 3.8) is 0 Å². The van der Waals surface area contributed by atoms with Crippen molar-refractivity contribution in [2.24, 2.45) is 0 Å². The van der Waals surface area contributed by atoms with E-state index in [0.29, 0.717) is 28.0 Å². The summed E-state index contributed by atoms with van der Waals surface area (Å²) in [5.41, 5.74) is 5.14. The van der Waals surface area contributed by atoms with Crippen LogP contribution in [0.4, 0.5) is 11.5 Å². The molecule has 1 saturated heterocycles. The molecular weight excluding hydrogens is 490 g/mol. The van der Waals surface area contributed by atoms with E-state index in [0.717, 1.165) is 56.0 Å². The summed E-state index contributed by atoms with van der Waals surface area (Å²) in [5, 5.41) is 9.72. The van der Waals surface area contributed by atoms with Crippen LogP contribution in [0.15, 0.2) is 67.0 Å². The Bertz CT molecular complexity index is 1480. The van der Waals surface area contributed by atoms with Gasteiger partial charge < -0.3 is 20.9 Å². The minimum atomic E-state index is -0.0344. The number of amides is 2. The molecule has 2 amide bonds. The number of hydrogen-bond acceptors (Lipinski definition) is 7. The van der Waals surface area contributed by atoms with Gasteiger partial charge in [-0.05, 0) is 61.4 Å². The van der Waals surface area contributed by atoms with E-state index in [1.807, 2.05) is 65.6 Å². The Morgan fingerprint density at radius 3 is 2.31 bits per heavy atom. The third kappa shape index (κ3) is 5.58. The van der Waals surface area contributed by atoms with Gasteiger partial charge in [-0.1, -0.05) is 25.0 Å². The molecule has 39 heavy (non-hydrogen) atoms. The summed E-state index contributed by atoms with van der Waals surface area (Å²) in [6.07, 6.45) is 5.97. The van der Waals surface area contributed by atoms with Gasteiger partial charge in [0.2, 0.25) is 0 Å². The van der Waals surface area contributed by atoms with Crippen LogP contribution in [0.5, 0.6) is 0 Å². The van der Waals surface area contributed by atoms with Crippen LogP contribution in [0.2, 0.25) is 0 Å². The Morgan fingerprint density at radius 1 is 0.846 bits per heavy atom. The van der Waals surface area contributed by atoms with Crippen LogP contribution < -0.4 is 16.0 Å². The number of aromatic nitrogens is 3. The molecule has 3 N–H and O–H groups in total. The molecule has 0 unspecified atom stereocenters. The number of rotatable bonds is 6. The normalized spacial score (nSPS) is 15.8. The molecule has 0 spiro atoms. The maximum atomic E-state index is 12.8. The molecule has 0 bridgehead atoms. The van der Waals surface area contributed by atoms with Gasteiger partial charge in [0.1, 0.15) is 11.8 Å². The third-order valence-corrected chi connectivity index (χ3v) is 7.41. The molecule has 2 aromatic carbocycles. The molecule has 2 aliphatic rings. The predicted molar refractivity (Wildman–Crippen MR) is 151 cm³/mol. The molecule has 198 valence electrons. The molecule has 1 aliphatic heterocycles. The highest BCUT2D eigenvalue weighted by Gasteiger charge is 2.19. The van der Waals surface area contributed by atoms with Gasteiger partial charge in [0, 0.05) is 54.6 Å². The van der Waals surface area contributed by atoms with Gasteiger partial charge in [-0.25, -0.2) is 15.0 Å². The molecule has 0 radical (unpaired) electrons. The fourth-order valence-electron chi connectivity index (χ4n) is 5.21. The molecule has 2 fully saturated rings. The van der Waals surface area contributed by atoms with Crippen LogP contribution in [0.1, 0.15) is 46.4 Å². The Labute approximate surface area is 227 Å². The third-order valence-electron chi connectivity index (χ3n) is 7.41. The molecule has 9 heteroatoms. The minimum absolute atomic E-state index is 0.0344. The summed E-state index contributed by atoms with van der Waals surface area (Å²) >= 11 is 0. The summed E-state index contributed by atoms with van der Waals surface area (Å²) in [5.74, 6) is 0.597. The summed E-state index contributed by atoms with van der Waals surface area (Å²) in [7, 11) is 0. The number of hydrogen-bond donors (Lipinski definition) is 3. The monoisotopic (exact) mass is 521 g/mol. The van der Waals surface area contributed by atoms with Crippen molar-refractivity contribution >= 4 is 34.4 Å². The lowest BCUT2D eigenvalue weighted by atomic mass is 10.1. The number of piperazine rings is 1. The first kappa shape index (κ1) is 24.9. The molecular formula is C30H31N7O2. The highest BCUT2D eigenvalue weighted by Crippen LogP contribution is 2.26. The second-order valence-electron chi connectivity index (χ2n) is 10.1. The number of pyridine rings is 1. The average Bonchev–Trinajstić information content (AvgIpc) is 3.51. The van der Waals surface area contributed by atoms with E-state index in [9.17, 15) is 9.59 Å². The number of carbonyl (C=O) groups excluding carboxylic acids is 2. The average molecular weight is 522 g/mol. The van der Waals surface area contributed by atoms with E-state index in [1.165, 1.54) is 19.2 Å². The standard InChI is InChI=1S/C30H31N7O2/c38-29(35-23-3-1-2-4-23)21-9-11-24(12-10-21)34-28-27-26(32-19-33-28)14-13-25(36-27)20-5-7-22(8-6-20)30(39)37-17-15-31-16-18-37/h5-14,19,23,31H,1-4,15-18H2,(H,35,38)(H,32,33,34). The van der Waals surface area contributed by atoms with Crippen molar-refractivity contribution in [1.82, 2.24) is 30.5 Å². The first-order valence-corrected chi connectivity index (χ1v) is 13.5. The number of carbonyl (C=O) groups is 2. The van der Waals surface area contributed by atoms with Crippen LogP contribution in [-0.2, 0) is 0 Å². The SMILES string of the molecule is O=C(NC1CCCC1)c1ccc(Nc2ncnc3ccc(-c4ccc(C(=O)N5CCNCC5)cc4)nc23)cc1. The first-order valence-electron chi connectivity index (χ1n) is 13.5. The fourth-order valence-corrected chi connectivity index (χ4v) is 5.21. The number of fused-ring (bicyclic) bond motifs is 1. The Balaban J connectivity index is 1.19. The first-order chi connectivity index (χ1) is 19.1. The summed E-state index contributed by atoms with van der Waals surface area (Å²) < 4.78 is 0. The van der Waals surface area contributed by atoms with Gasteiger partial charge in [-0.15, -0.1) is 0 Å². The summed E-state index contributed by atoms with van der Waals surface area (Å²) in [4.78, 5) is 40.9. The molecule has 3 heterocycles. The zero-order valence-electron chi connectivity index (χ0n) is 21.7. The van der Waals surface area contributed by atoms with Crippen LogP contribution in [0, 0.1) is 0 Å². The second kappa shape index (κ2) is 11.2. The molecule has 0 atom stereocenters. The van der Waals surface area contributed by atoms with Crippen LogP contribution in [0.25, 0.3) is 22.3 Å². The fraction of sp³-hybridized carbons (Fsp3) is 0.300. The maximum Gasteiger partial charge on any atom is 0.253 e. The molecule has 4 aromatic rings. The van der Waals surface area contributed by atoms with Crippen molar-refractivity contribution in [2.45, 2.75) is 31.7 Å². The minimum Gasteiger partial charge on any atom is -0.349 e. The predicted octanol–water partition coefficient (Wildman–Crippen LogP) is 4.15. The van der Waals surface area contributed by atoms with Gasteiger partial charge in [-0.3, -0.25) is 9.59 Å². The highest BCUT2D eigenvalue weighted by molar-refractivity contribution is 5.96. The Hall–Kier alpha value is -4.37. The number of nitrogens with one attached hydrogen (secondary N) is 3. The largest absolute Gasteiger partial charge is 0.349 e. The summed E-state index contributed by atoms with van der Waals surface area (Å²) in [6, 6.07) is 19.1. The van der Waals surface area contributed by atoms with Crippen molar-refractivity contribution < 1.29 is 9.59 Å². The van der Waals surface area contributed by atoms with E-state index in [-0.39, 0.29) is 17.9 Å². The van der Waals surface area contributed by atoms with Gasteiger partial charge in [0.25, 0.3) is 11.8 Å². The quantitative estimate of drug-likeness (QED) is 0.349. The number of anilines is 2. The van der Waals surface area contributed by atoms with Crippen molar-refractivity contribution in [3.8, 4) is 11.3 Å². The van der Waals surface area contributed by atoms with Crippen molar-refractivity contribution in [2.75, 3.05) is 31.5 Å². The lowest BCUT2D eigenvalue weighted by Gasteiger charge is -2.27. The Morgan fingerprint density at radius 2 is 1.56 bits per heavy atom. The molecule has 9 nitrogen and oxygen atoms in total. The van der Waals surface area contributed by atoms with Crippen LogP contribution in [0.3, 0.4) is 0 Å². The summed E-state index contributed by atoms with van der Waals surface area (Å²) in [6.45, 7) is 3.09. The topological polar surface area (TPSA) is 112 Å². The molecule has 2 aromatic heterocycles. The van der Waals surface area contributed by atoms with Crippen molar-refractivity contribution in [1.29, 1.82) is 0 Å². The lowest BCUT2D eigenvalue weighted by Crippen LogP contribution is -2.46. The lowest BCUT2D eigenvalue weighted by molar-refractivity contribution is 0.0735. The van der Waals surface area contributed by atoms with E-state index >= 15 is 0 Å². The van der Waals surface area contributed by atoms with E-state index in [4.69, 9.17) is 4.98 Å². The molecule has 1 saturated carbocycles. The van der Waals surface area contributed by atoms with Gasteiger partial charge in [0.05, 0.1) is 11.2 Å². The zero-order chi connectivity index (χ0) is 26.6. The Kier molecular flexibility index (Phi) is 7.14. The van der Waals surface area contributed by atoms with Crippen molar-refractivity contribution in [3.05, 3.63) is 78.1 Å². The van der Waals surface area contributed by atoms with Gasteiger partial charge in [0.15, 0.2) is 5.82 Å². The zero-order valence-corrected chi connectivity index (χ0v) is 21.7. The van der Waals surface area contributed by atoms with Crippen LogP contribution >= 0.6 is 0 Å². The van der Waals surface area contributed by atoms with Gasteiger partial charge in [-0.2, -0.15) is 0 Å². The molecule has 6 rings (SSSR count). The van der Waals surface area contributed by atoms with Gasteiger partial charge >= 0.3 is 0 Å². The van der Waals surface area contributed by atoms with E-state index in [2.05, 4.69) is 25.9 Å². The van der Waals surface area contributed by atoms with E-state index < -0.39 is 0 Å². The molecule has 1 aliphatic carbocycles. The smallest absolute Gasteiger partial charge is 0.253 e. The number of benzene rings is 2. The van der Waals surface area contributed by atoms with E-state index in [1.54, 1.807) is 0 Å².